The smallest absolute Gasteiger partial charge is 0.234 e. The quantitative estimate of drug-likeness (QED) is 0.338. The van der Waals surface area contributed by atoms with Gasteiger partial charge in [-0.15, -0.1) is 21.5 Å². The summed E-state index contributed by atoms with van der Waals surface area (Å²) in [6.45, 7) is 6.57. The van der Waals surface area contributed by atoms with E-state index in [0.29, 0.717) is 11.7 Å². The Bertz CT molecular complexity index is 1240. The predicted octanol–water partition coefficient (Wildman–Crippen LogP) is 5.21. The van der Waals surface area contributed by atoms with Gasteiger partial charge < -0.3 is 15.2 Å². The van der Waals surface area contributed by atoms with E-state index in [2.05, 4.69) is 44.9 Å². The Morgan fingerprint density at radius 2 is 1.82 bits per heavy atom. The Labute approximate surface area is 201 Å². The highest BCUT2D eigenvalue weighted by molar-refractivity contribution is 7.99. The minimum atomic E-state index is -0.0612. The van der Waals surface area contributed by atoms with Crippen molar-refractivity contribution in [3.63, 3.8) is 0 Å². The Morgan fingerprint density at radius 1 is 1.09 bits per heavy atom. The lowest BCUT2D eigenvalue weighted by Gasteiger charge is -2.12. The third-order valence-electron chi connectivity index (χ3n) is 5.17. The van der Waals surface area contributed by atoms with Crippen LogP contribution in [0.25, 0.3) is 11.3 Å². The highest BCUT2D eigenvalue weighted by Gasteiger charge is 2.14. The molecule has 4 aromatic rings. The Kier molecular flexibility index (Phi) is 7.10. The fraction of sp³-hybridized carbons (Fsp3) is 0.250. The van der Waals surface area contributed by atoms with Crippen molar-refractivity contribution in [2.75, 3.05) is 16.4 Å². The molecule has 33 heavy (non-hydrogen) atoms. The zero-order valence-corrected chi connectivity index (χ0v) is 20.7. The SMILES string of the molecule is Cc1cc(C)c(NC(=O)CSc2nnc(CNc3nc(-c4ccccc4)cs3)n2C)c(C)c1. The fourth-order valence-electron chi connectivity index (χ4n) is 3.56. The second-order valence-corrected chi connectivity index (χ2v) is 9.63. The maximum atomic E-state index is 12.5. The van der Waals surface area contributed by atoms with Gasteiger partial charge in [0.05, 0.1) is 18.0 Å². The zero-order chi connectivity index (χ0) is 23.4. The van der Waals surface area contributed by atoms with E-state index in [1.807, 2.05) is 61.2 Å². The van der Waals surface area contributed by atoms with Crippen LogP contribution in [0.2, 0.25) is 0 Å². The van der Waals surface area contributed by atoms with Crippen LogP contribution in [0, 0.1) is 20.8 Å². The van der Waals surface area contributed by atoms with Gasteiger partial charge in [0.1, 0.15) is 0 Å². The summed E-state index contributed by atoms with van der Waals surface area (Å²) in [5.41, 5.74) is 6.24. The average molecular weight is 479 g/mol. The number of rotatable bonds is 8. The maximum absolute atomic E-state index is 12.5. The molecule has 4 rings (SSSR count). The minimum Gasteiger partial charge on any atom is -0.354 e. The van der Waals surface area contributed by atoms with Gasteiger partial charge in [0, 0.05) is 23.7 Å². The van der Waals surface area contributed by atoms with Crippen molar-refractivity contribution in [2.45, 2.75) is 32.5 Å². The molecule has 0 unspecified atom stereocenters. The summed E-state index contributed by atoms with van der Waals surface area (Å²) in [6, 6.07) is 14.2. The fourth-order valence-corrected chi connectivity index (χ4v) is 5.01. The summed E-state index contributed by atoms with van der Waals surface area (Å²) in [5.74, 6) is 0.979. The van der Waals surface area contributed by atoms with Crippen molar-refractivity contribution in [3.05, 3.63) is 70.4 Å². The lowest BCUT2D eigenvalue weighted by molar-refractivity contribution is -0.113. The average Bonchev–Trinajstić information content (AvgIpc) is 3.41. The number of carbonyl (C=O) groups excluding carboxylic acids is 1. The lowest BCUT2D eigenvalue weighted by atomic mass is 10.1. The van der Waals surface area contributed by atoms with Crippen LogP contribution in [-0.4, -0.2) is 31.4 Å². The molecule has 0 spiro atoms. The standard InChI is InChI=1S/C24H26N6OS2/c1-15-10-16(2)22(17(3)11-15)27-21(31)14-33-24-29-28-20(30(24)4)12-25-23-26-19(13-32-23)18-8-6-5-7-9-18/h5-11,13H,12,14H2,1-4H3,(H,25,26)(H,27,31). The van der Waals surface area contributed by atoms with E-state index >= 15 is 0 Å². The van der Waals surface area contributed by atoms with E-state index in [9.17, 15) is 4.79 Å². The van der Waals surface area contributed by atoms with Crippen molar-refractivity contribution >= 4 is 39.8 Å². The molecule has 0 aliphatic heterocycles. The summed E-state index contributed by atoms with van der Waals surface area (Å²) in [5, 5.41) is 18.4. The molecule has 1 amide bonds. The third-order valence-corrected chi connectivity index (χ3v) is 6.99. The number of anilines is 2. The van der Waals surface area contributed by atoms with Gasteiger partial charge in [-0.25, -0.2) is 4.98 Å². The Morgan fingerprint density at radius 3 is 2.55 bits per heavy atom. The van der Waals surface area contributed by atoms with Crippen molar-refractivity contribution < 1.29 is 4.79 Å². The molecule has 2 heterocycles. The van der Waals surface area contributed by atoms with Gasteiger partial charge >= 0.3 is 0 Å². The van der Waals surface area contributed by atoms with Gasteiger partial charge in [0.25, 0.3) is 0 Å². The second kappa shape index (κ2) is 10.2. The Balaban J connectivity index is 1.32. The number of thioether (sulfide) groups is 1. The molecule has 0 radical (unpaired) electrons. The molecule has 2 N–H and O–H groups in total. The van der Waals surface area contributed by atoms with Crippen LogP contribution < -0.4 is 10.6 Å². The van der Waals surface area contributed by atoms with Gasteiger partial charge in [0.2, 0.25) is 5.91 Å². The number of hydrogen-bond donors (Lipinski definition) is 2. The molecule has 0 saturated carbocycles. The molecule has 0 atom stereocenters. The normalized spacial score (nSPS) is 10.9. The maximum Gasteiger partial charge on any atom is 0.234 e. The molecule has 2 aromatic heterocycles. The number of nitrogens with one attached hydrogen (secondary N) is 2. The summed E-state index contributed by atoms with van der Waals surface area (Å²) < 4.78 is 1.90. The lowest BCUT2D eigenvalue weighted by Crippen LogP contribution is -2.16. The molecule has 170 valence electrons. The topological polar surface area (TPSA) is 84.7 Å². The molecular formula is C24H26N6OS2. The van der Waals surface area contributed by atoms with Crippen LogP contribution in [0.3, 0.4) is 0 Å². The first kappa shape index (κ1) is 23.0. The zero-order valence-electron chi connectivity index (χ0n) is 19.0. The third kappa shape index (κ3) is 5.61. The molecule has 0 fully saturated rings. The van der Waals surface area contributed by atoms with Crippen molar-refractivity contribution in [3.8, 4) is 11.3 Å². The van der Waals surface area contributed by atoms with Crippen LogP contribution in [-0.2, 0) is 18.4 Å². The first-order chi connectivity index (χ1) is 15.9. The number of carbonyl (C=O) groups is 1. The van der Waals surface area contributed by atoms with Gasteiger partial charge in [-0.3, -0.25) is 4.79 Å². The summed E-state index contributed by atoms with van der Waals surface area (Å²) >= 11 is 2.93. The van der Waals surface area contributed by atoms with Gasteiger partial charge in [0.15, 0.2) is 16.1 Å². The van der Waals surface area contributed by atoms with Crippen LogP contribution in [0.1, 0.15) is 22.5 Å². The molecule has 0 aliphatic rings. The summed E-state index contributed by atoms with van der Waals surface area (Å²) in [6.07, 6.45) is 0. The van der Waals surface area contributed by atoms with Crippen LogP contribution in [0.5, 0.6) is 0 Å². The second-order valence-electron chi connectivity index (χ2n) is 7.83. The van der Waals surface area contributed by atoms with E-state index in [0.717, 1.165) is 39.0 Å². The van der Waals surface area contributed by atoms with Gasteiger partial charge in [-0.1, -0.05) is 59.8 Å². The molecule has 2 aromatic carbocycles. The molecule has 0 bridgehead atoms. The monoisotopic (exact) mass is 478 g/mol. The minimum absolute atomic E-state index is 0.0612. The van der Waals surface area contributed by atoms with Crippen molar-refractivity contribution in [1.82, 2.24) is 19.7 Å². The van der Waals surface area contributed by atoms with E-state index in [1.54, 1.807) is 11.3 Å². The predicted molar refractivity (Wildman–Crippen MR) is 136 cm³/mol. The van der Waals surface area contributed by atoms with Gasteiger partial charge in [-0.2, -0.15) is 0 Å². The largest absolute Gasteiger partial charge is 0.354 e. The number of nitrogens with zero attached hydrogens (tertiary/aromatic N) is 4. The number of thiazole rings is 1. The summed E-state index contributed by atoms with van der Waals surface area (Å²) in [4.78, 5) is 17.2. The van der Waals surface area contributed by atoms with Crippen LogP contribution >= 0.6 is 23.1 Å². The summed E-state index contributed by atoms with van der Waals surface area (Å²) in [7, 11) is 1.91. The number of benzene rings is 2. The highest BCUT2D eigenvalue weighted by Crippen LogP contribution is 2.26. The highest BCUT2D eigenvalue weighted by atomic mass is 32.2. The number of hydrogen-bond acceptors (Lipinski definition) is 7. The number of aromatic nitrogens is 4. The molecule has 0 aliphatic carbocycles. The first-order valence-electron chi connectivity index (χ1n) is 10.5. The Hall–Kier alpha value is -3.17. The molecular weight excluding hydrogens is 452 g/mol. The van der Waals surface area contributed by atoms with E-state index < -0.39 is 0 Å². The van der Waals surface area contributed by atoms with E-state index in [1.165, 1.54) is 17.3 Å². The molecule has 0 saturated heterocycles. The van der Waals surface area contributed by atoms with Crippen LogP contribution in [0.15, 0.2) is 53.0 Å². The van der Waals surface area contributed by atoms with Crippen LogP contribution in [0.4, 0.5) is 10.8 Å². The first-order valence-corrected chi connectivity index (χ1v) is 12.4. The molecule has 9 heteroatoms. The number of aryl methyl sites for hydroxylation is 3. The van der Waals surface area contributed by atoms with Crippen molar-refractivity contribution in [2.24, 2.45) is 7.05 Å². The van der Waals surface area contributed by atoms with Crippen molar-refractivity contribution in [1.29, 1.82) is 0 Å². The van der Waals surface area contributed by atoms with E-state index in [-0.39, 0.29) is 11.7 Å². The molecule has 7 nitrogen and oxygen atoms in total. The number of amides is 1. The van der Waals surface area contributed by atoms with E-state index in [4.69, 9.17) is 0 Å². The van der Waals surface area contributed by atoms with Gasteiger partial charge in [-0.05, 0) is 31.9 Å².